The molecule has 0 aliphatic carbocycles. The van der Waals surface area contributed by atoms with Crippen molar-refractivity contribution in [2.75, 3.05) is 44.6 Å². The largest absolute Gasteiger partial charge is 0.449 e. The van der Waals surface area contributed by atoms with Gasteiger partial charge in [-0.25, -0.2) is 9.78 Å². The molecule has 11 heteroatoms. The molecule has 0 spiro atoms. The fourth-order valence-corrected chi connectivity index (χ4v) is 3.27. The highest BCUT2D eigenvalue weighted by Crippen LogP contribution is 2.29. The van der Waals surface area contributed by atoms with E-state index in [0.717, 1.165) is 0 Å². The van der Waals surface area contributed by atoms with Crippen LogP contribution in [0, 0.1) is 5.92 Å². The predicted octanol–water partition coefficient (Wildman–Crippen LogP) is 3.32. The number of carbonyl (C=O) groups is 2. The Morgan fingerprint density at radius 1 is 1.23 bits per heavy atom. The Morgan fingerprint density at radius 3 is 2.71 bits per heavy atom. The van der Waals surface area contributed by atoms with Crippen LogP contribution in [-0.2, 0) is 15.7 Å². The van der Waals surface area contributed by atoms with Gasteiger partial charge in [-0.05, 0) is 30.5 Å². The molecule has 1 fully saturated rings. The van der Waals surface area contributed by atoms with Crippen molar-refractivity contribution in [1.29, 1.82) is 0 Å². The minimum absolute atomic E-state index is 0.115. The first-order valence-corrected chi connectivity index (χ1v) is 10.1. The van der Waals surface area contributed by atoms with Crippen LogP contribution < -0.4 is 5.32 Å². The van der Waals surface area contributed by atoms with Crippen molar-refractivity contribution in [2.24, 2.45) is 5.92 Å². The molecule has 1 aliphatic heterocycles. The van der Waals surface area contributed by atoms with E-state index in [1.54, 1.807) is 4.90 Å². The normalized spacial score (nSPS) is 15.9. The highest BCUT2D eigenvalue weighted by molar-refractivity contribution is 5.94. The molecule has 0 atom stereocenters. The van der Waals surface area contributed by atoms with E-state index in [1.165, 1.54) is 18.2 Å². The van der Waals surface area contributed by atoms with Crippen LogP contribution in [0.25, 0.3) is 11.0 Å². The van der Waals surface area contributed by atoms with Gasteiger partial charge in [-0.1, -0.05) is 13.8 Å². The number of halogens is 3. The monoisotopic (exact) mass is 441 g/mol. The molecule has 2 aromatic rings. The van der Waals surface area contributed by atoms with Gasteiger partial charge in [-0.3, -0.25) is 9.69 Å². The summed E-state index contributed by atoms with van der Waals surface area (Å²) in [7, 11) is 0. The molecule has 8 nitrogen and oxygen atoms in total. The molecule has 1 aromatic heterocycles. The molecule has 1 aliphatic rings. The molecule has 0 bridgehead atoms. The summed E-state index contributed by atoms with van der Waals surface area (Å²) in [6.07, 6.45) is -4.19. The summed E-state index contributed by atoms with van der Waals surface area (Å²) in [5.74, 6) is -1.10. The van der Waals surface area contributed by atoms with Crippen LogP contribution in [0.15, 0.2) is 18.2 Å². The average molecular weight is 441 g/mol. The Bertz CT molecular complexity index is 928. The van der Waals surface area contributed by atoms with E-state index in [0.29, 0.717) is 44.9 Å². The van der Waals surface area contributed by atoms with Crippen LogP contribution >= 0.6 is 0 Å². The van der Waals surface area contributed by atoms with Crippen LogP contribution in [0.1, 0.15) is 26.1 Å². The second-order valence-electron chi connectivity index (χ2n) is 7.95. The fraction of sp³-hybridized carbons (Fsp3) is 0.550. The smallest absolute Gasteiger partial charge is 0.449 e. The summed E-state index contributed by atoms with van der Waals surface area (Å²) >= 11 is 0. The van der Waals surface area contributed by atoms with E-state index < -0.39 is 12.0 Å². The zero-order valence-corrected chi connectivity index (χ0v) is 17.5. The number of benzene rings is 1. The molecular formula is C20H26F3N5O3. The number of hydrogen-bond acceptors (Lipinski definition) is 5. The lowest BCUT2D eigenvalue weighted by atomic mass is 10.2. The molecule has 1 saturated heterocycles. The number of aromatic amines is 1. The van der Waals surface area contributed by atoms with Gasteiger partial charge in [0.15, 0.2) is 0 Å². The number of imidazole rings is 1. The molecule has 2 heterocycles. The second-order valence-corrected chi connectivity index (χ2v) is 7.95. The SMILES string of the molecule is CC(C)COC(=O)N1CCCN(CC(=O)Nc2ccc3nc(C(F)(F)F)[nH]c3c2)CC1. The fourth-order valence-electron chi connectivity index (χ4n) is 3.27. The Balaban J connectivity index is 1.53. The Hall–Kier alpha value is -2.82. The van der Waals surface area contributed by atoms with Gasteiger partial charge in [-0.2, -0.15) is 13.2 Å². The Morgan fingerprint density at radius 2 is 2.00 bits per heavy atom. The van der Waals surface area contributed by atoms with Crippen LogP contribution in [0.5, 0.6) is 0 Å². The standard InChI is InChI=1S/C20H26F3N5O3/c1-13(2)12-31-19(30)28-7-3-6-27(8-9-28)11-17(29)24-14-4-5-15-16(10-14)26-18(25-15)20(21,22)23/h4-5,10,13H,3,6-9,11-12H2,1-2H3,(H,24,29)(H,25,26). The van der Waals surface area contributed by atoms with Gasteiger partial charge in [0.05, 0.1) is 24.2 Å². The quantitative estimate of drug-likeness (QED) is 0.743. The average Bonchev–Trinajstić information content (AvgIpc) is 2.99. The van der Waals surface area contributed by atoms with Crippen LogP contribution in [0.4, 0.5) is 23.7 Å². The number of aromatic nitrogens is 2. The Kier molecular flexibility index (Phi) is 7.04. The number of ether oxygens (including phenoxy) is 1. The molecule has 31 heavy (non-hydrogen) atoms. The molecule has 2 N–H and O–H groups in total. The van der Waals surface area contributed by atoms with E-state index in [4.69, 9.17) is 4.74 Å². The molecule has 0 radical (unpaired) electrons. The van der Waals surface area contributed by atoms with E-state index in [2.05, 4.69) is 15.3 Å². The van der Waals surface area contributed by atoms with Crippen molar-refractivity contribution in [3.05, 3.63) is 24.0 Å². The number of nitrogens with one attached hydrogen (secondary N) is 2. The first-order valence-electron chi connectivity index (χ1n) is 10.1. The lowest BCUT2D eigenvalue weighted by Gasteiger charge is -2.21. The van der Waals surface area contributed by atoms with Crippen molar-refractivity contribution >= 4 is 28.7 Å². The van der Waals surface area contributed by atoms with Crippen LogP contribution in [0.2, 0.25) is 0 Å². The number of hydrogen-bond donors (Lipinski definition) is 2. The first kappa shape index (κ1) is 22.9. The number of rotatable bonds is 5. The summed E-state index contributed by atoms with van der Waals surface area (Å²) in [5, 5.41) is 2.70. The van der Waals surface area contributed by atoms with Gasteiger partial charge in [-0.15, -0.1) is 0 Å². The zero-order valence-electron chi connectivity index (χ0n) is 17.5. The van der Waals surface area contributed by atoms with Gasteiger partial charge in [0.25, 0.3) is 0 Å². The van der Waals surface area contributed by atoms with E-state index in [-0.39, 0.29) is 35.5 Å². The maximum Gasteiger partial charge on any atom is 0.449 e. The summed E-state index contributed by atoms with van der Waals surface area (Å²) in [5.41, 5.74) is 0.737. The van der Waals surface area contributed by atoms with Crippen molar-refractivity contribution < 1.29 is 27.5 Å². The summed E-state index contributed by atoms with van der Waals surface area (Å²) in [4.78, 5) is 33.9. The van der Waals surface area contributed by atoms with Gasteiger partial charge >= 0.3 is 12.3 Å². The number of carbonyl (C=O) groups excluding carboxylic acids is 2. The highest BCUT2D eigenvalue weighted by atomic mass is 19.4. The first-order chi connectivity index (χ1) is 14.6. The molecule has 0 saturated carbocycles. The Labute approximate surface area is 177 Å². The molecule has 170 valence electrons. The van der Waals surface area contributed by atoms with Gasteiger partial charge in [0, 0.05) is 31.9 Å². The molecular weight excluding hydrogens is 415 g/mol. The lowest BCUT2D eigenvalue weighted by Crippen LogP contribution is -2.38. The number of amides is 2. The lowest BCUT2D eigenvalue weighted by molar-refractivity contribution is -0.144. The third-order valence-corrected chi connectivity index (χ3v) is 4.79. The minimum Gasteiger partial charge on any atom is -0.449 e. The minimum atomic E-state index is -4.57. The van der Waals surface area contributed by atoms with Crippen molar-refractivity contribution in [3.8, 4) is 0 Å². The summed E-state index contributed by atoms with van der Waals surface area (Å²) < 4.78 is 43.6. The van der Waals surface area contributed by atoms with Crippen LogP contribution in [0.3, 0.4) is 0 Å². The number of fused-ring (bicyclic) bond motifs is 1. The topological polar surface area (TPSA) is 90.6 Å². The van der Waals surface area contributed by atoms with Gasteiger partial charge < -0.3 is 19.9 Å². The predicted molar refractivity (Wildman–Crippen MR) is 109 cm³/mol. The van der Waals surface area contributed by atoms with Crippen LogP contribution in [-0.4, -0.2) is 71.1 Å². The van der Waals surface area contributed by atoms with Gasteiger partial charge in [0.2, 0.25) is 11.7 Å². The zero-order chi connectivity index (χ0) is 22.6. The van der Waals surface area contributed by atoms with E-state index in [1.807, 2.05) is 18.7 Å². The van der Waals surface area contributed by atoms with Crippen molar-refractivity contribution in [2.45, 2.75) is 26.4 Å². The third kappa shape index (κ3) is 6.33. The number of alkyl halides is 3. The number of nitrogens with zero attached hydrogens (tertiary/aromatic N) is 3. The van der Waals surface area contributed by atoms with Gasteiger partial charge in [0.1, 0.15) is 0 Å². The van der Waals surface area contributed by atoms with E-state index >= 15 is 0 Å². The number of H-pyrrole nitrogens is 1. The summed E-state index contributed by atoms with van der Waals surface area (Å²) in [6, 6.07) is 4.35. The highest BCUT2D eigenvalue weighted by Gasteiger charge is 2.34. The second kappa shape index (κ2) is 9.54. The molecule has 1 aromatic carbocycles. The molecule has 3 rings (SSSR count). The third-order valence-electron chi connectivity index (χ3n) is 4.79. The van der Waals surface area contributed by atoms with Crippen molar-refractivity contribution in [1.82, 2.24) is 19.8 Å². The molecule has 2 amide bonds. The summed E-state index contributed by atoms with van der Waals surface area (Å²) in [6.45, 7) is 6.62. The molecule has 0 unspecified atom stereocenters. The number of anilines is 1. The maximum atomic E-state index is 12.8. The van der Waals surface area contributed by atoms with Crippen molar-refractivity contribution in [3.63, 3.8) is 0 Å². The van der Waals surface area contributed by atoms with E-state index in [9.17, 15) is 22.8 Å². The maximum absolute atomic E-state index is 12.8.